The van der Waals surface area contributed by atoms with E-state index in [2.05, 4.69) is 5.32 Å². The number of anilines is 2. The molecule has 0 unspecified atom stereocenters. The number of hydrogen-bond acceptors (Lipinski definition) is 3. The fraction of sp³-hybridized carbons (Fsp3) is 0.562. The van der Waals surface area contributed by atoms with Gasteiger partial charge in [-0.05, 0) is 30.0 Å². The molecule has 0 aliphatic heterocycles. The van der Waals surface area contributed by atoms with E-state index in [1.165, 1.54) is 32.1 Å². The summed E-state index contributed by atoms with van der Waals surface area (Å²) in [4.78, 5) is 11.9. The first-order valence-corrected chi connectivity index (χ1v) is 7.57. The van der Waals surface area contributed by atoms with Gasteiger partial charge in [-0.15, -0.1) is 0 Å². The Hall–Kier alpha value is -1.55. The maximum Gasteiger partial charge on any atom is 0.224 e. The van der Waals surface area contributed by atoms with E-state index < -0.39 is 0 Å². The summed E-state index contributed by atoms with van der Waals surface area (Å²) in [6.07, 6.45) is 8.17. The highest BCUT2D eigenvalue weighted by Crippen LogP contribution is 2.27. The van der Waals surface area contributed by atoms with Crippen molar-refractivity contribution in [2.45, 2.75) is 51.5 Å². The van der Waals surface area contributed by atoms with E-state index in [9.17, 15) is 4.79 Å². The lowest BCUT2D eigenvalue weighted by Gasteiger charge is -2.21. The minimum Gasteiger partial charge on any atom is -0.398 e. The predicted molar refractivity (Wildman–Crippen MR) is 83.2 cm³/mol. The molecule has 1 fully saturated rings. The average Bonchev–Trinajstić information content (AvgIpc) is 2.46. The van der Waals surface area contributed by atoms with Crippen LogP contribution < -0.4 is 16.8 Å². The number of rotatable bonds is 5. The Balaban J connectivity index is 1.80. The summed E-state index contributed by atoms with van der Waals surface area (Å²) in [5, 5.41) is 2.91. The molecule has 0 spiro atoms. The third-order valence-corrected chi connectivity index (χ3v) is 4.15. The Bertz CT molecular complexity index is 453. The zero-order valence-corrected chi connectivity index (χ0v) is 12.0. The Labute approximate surface area is 120 Å². The van der Waals surface area contributed by atoms with Crippen LogP contribution in [0.2, 0.25) is 0 Å². The van der Waals surface area contributed by atoms with Gasteiger partial charge >= 0.3 is 0 Å². The van der Waals surface area contributed by atoms with Crippen LogP contribution in [0.25, 0.3) is 0 Å². The Kier molecular flexibility index (Phi) is 5.41. The molecule has 1 aliphatic rings. The highest BCUT2D eigenvalue weighted by atomic mass is 16.1. The van der Waals surface area contributed by atoms with Crippen LogP contribution >= 0.6 is 0 Å². The van der Waals surface area contributed by atoms with Crippen LogP contribution in [0.4, 0.5) is 11.4 Å². The molecule has 2 rings (SSSR count). The second-order valence-electron chi connectivity index (χ2n) is 5.71. The summed E-state index contributed by atoms with van der Waals surface area (Å²) < 4.78 is 0. The van der Waals surface area contributed by atoms with Crippen LogP contribution in [0.5, 0.6) is 0 Å². The smallest absolute Gasteiger partial charge is 0.224 e. The van der Waals surface area contributed by atoms with Crippen molar-refractivity contribution in [3.05, 3.63) is 23.8 Å². The lowest BCUT2D eigenvalue weighted by molar-refractivity contribution is -0.116. The summed E-state index contributed by atoms with van der Waals surface area (Å²) in [5.41, 5.74) is 13.7. The lowest BCUT2D eigenvalue weighted by Crippen LogP contribution is -2.15. The molecule has 0 aromatic heterocycles. The first kappa shape index (κ1) is 14.9. The van der Waals surface area contributed by atoms with E-state index >= 15 is 0 Å². The van der Waals surface area contributed by atoms with Crippen molar-refractivity contribution < 1.29 is 4.79 Å². The molecule has 110 valence electrons. The first-order chi connectivity index (χ1) is 9.69. The standard InChI is InChI=1S/C16H25N3O/c17-11-13-7-8-14(10-15(13)18)19-16(20)9-6-12-4-2-1-3-5-12/h7-8,10,12H,1-6,9,11,17-18H2,(H,19,20). The monoisotopic (exact) mass is 275 g/mol. The van der Waals surface area contributed by atoms with E-state index in [-0.39, 0.29) is 5.91 Å². The zero-order valence-electron chi connectivity index (χ0n) is 12.0. The number of benzene rings is 1. The number of nitrogens with two attached hydrogens (primary N) is 2. The molecule has 1 aliphatic carbocycles. The van der Waals surface area contributed by atoms with Gasteiger partial charge in [-0.2, -0.15) is 0 Å². The van der Waals surface area contributed by atoms with Crippen LogP contribution in [0.1, 0.15) is 50.5 Å². The van der Waals surface area contributed by atoms with Crippen LogP contribution in [-0.4, -0.2) is 5.91 Å². The number of carbonyl (C=O) groups excluding carboxylic acids is 1. The molecular weight excluding hydrogens is 250 g/mol. The quantitative estimate of drug-likeness (QED) is 0.722. The second-order valence-corrected chi connectivity index (χ2v) is 5.71. The molecule has 4 heteroatoms. The van der Waals surface area contributed by atoms with E-state index in [1.807, 2.05) is 12.1 Å². The molecule has 0 radical (unpaired) electrons. The van der Waals surface area contributed by atoms with Crippen molar-refractivity contribution in [3.63, 3.8) is 0 Å². The number of hydrogen-bond donors (Lipinski definition) is 3. The number of nitrogens with one attached hydrogen (secondary N) is 1. The van der Waals surface area contributed by atoms with Gasteiger partial charge in [0.25, 0.3) is 0 Å². The van der Waals surface area contributed by atoms with Gasteiger partial charge < -0.3 is 16.8 Å². The van der Waals surface area contributed by atoms with Gasteiger partial charge in [-0.25, -0.2) is 0 Å². The summed E-state index contributed by atoms with van der Waals surface area (Å²) in [6.45, 7) is 0.418. The summed E-state index contributed by atoms with van der Waals surface area (Å²) in [6, 6.07) is 5.50. The number of carbonyl (C=O) groups is 1. The maximum absolute atomic E-state index is 11.9. The fourth-order valence-corrected chi connectivity index (χ4v) is 2.89. The summed E-state index contributed by atoms with van der Waals surface area (Å²) in [5.74, 6) is 0.814. The summed E-state index contributed by atoms with van der Waals surface area (Å²) >= 11 is 0. The third-order valence-electron chi connectivity index (χ3n) is 4.15. The van der Waals surface area contributed by atoms with Gasteiger partial charge in [0.15, 0.2) is 0 Å². The van der Waals surface area contributed by atoms with Crippen molar-refractivity contribution in [2.24, 2.45) is 11.7 Å². The van der Waals surface area contributed by atoms with Gasteiger partial charge in [0.2, 0.25) is 5.91 Å². The minimum absolute atomic E-state index is 0.0791. The van der Waals surface area contributed by atoms with Crippen LogP contribution in [0.15, 0.2) is 18.2 Å². The van der Waals surface area contributed by atoms with Crippen molar-refractivity contribution >= 4 is 17.3 Å². The maximum atomic E-state index is 11.9. The van der Waals surface area contributed by atoms with Gasteiger partial charge in [0.1, 0.15) is 0 Å². The molecular formula is C16H25N3O. The van der Waals surface area contributed by atoms with E-state index in [1.54, 1.807) is 6.07 Å². The molecule has 4 nitrogen and oxygen atoms in total. The predicted octanol–water partition coefficient (Wildman–Crippen LogP) is 3.03. The molecule has 0 saturated heterocycles. The highest BCUT2D eigenvalue weighted by Gasteiger charge is 2.14. The molecule has 0 atom stereocenters. The van der Waals surface area contributed by atoms with Gasteiger partial charge in [0, 0.05) is 24.3 Å². The minimum atomic E-state index is 0.0791. The van der Waals surface area contributed by atoms with Gasteiger partial charge in [0.05, 0.1) is 0 Å². The Morgan fingerprint density at radius 3 is 2.65 bits per heavy atom. The fourth-order valence-electron chi connectivity index (χ4n) is 2.89. The molecule has 5 N–H and O–H groups in total. The van der Waals surface area contributed by atoms with Gasteiger partial charge in [-0.3, -0.25) is 4.79 Å². The Morgan fingerprint density at radius 2 is 2.00 bits per heavy atom. The van der Waals surface area contributed by atoms with Crippen molar-refractivity contribution in [3.8, 4) is 0 Å². The number of nitrogen functional groups attached to an aromatic ring is 1. The second kappa shape index (κ2) is 7.29. The normalized spacial score (nSPS) is 16.1. The zero-order chi connectivity index (χ0) is 14.4. The van der Waals surface area contributed by atoms with Gasteiger partial charge in [-0.1, -0.05) is 38.2 Å². The molecule has 1 saturated carbocycles. The first-order valence-electron chi connectivity index (χ1n) is 7.57. The van der Waals surface area contributed by atoms with E-state index in [4.69, 9.17) is 11.5 Å². The van der Waals surface area contributed by atoms with Crippen LogP contribution in [0.3, 0.4) is 0 Å². The van der Waals surface area contributed by atoms with Crippen LogP contribution in [0, 0.1) is 5.92 Å². The molecule has 0 heterocycles. The largest absolute Gasteiger partial charge is 0.398 e. The lowest BCUT2D eigenvalue weighted by atomic mass is 9.86. The highest BCUT2D eigenvalue weighted by molar-refractivity contribution is 5.91. The van der Waals surface area contributed by atoms with E-state index in [0.717, 1.165) is 23.6 Å². The topological polar surface area (TPSA) is 81.1 Å². The summed E-state index contributed by atoms with van der Waals surface area (Å²) in [7, 11) is 0. The number of amides is 1. The van der Waals surface area contributed by atoms with Crippen LogP contribution in [-0.2, 0) is 11.3 Å². The van der Waals surface area contributed by atoms with Crippen molar-refractivity contribution in [1.82, 2.24) is 0 Å². The van der Waals surface area contributed by atoms with Crippen molar-refractivity contribution in [1.29, 1.82) is 0 Å². The molecule has 1 aromatic carbocycles. The molecule has 1 aromatic rings. The SMILES string of the molecule is NCc1ccc(NC(=O)CCC2CCCCC2)cc1N. The van der Waals surface area contributed by atoms with E-state index in [0.29, 0.717) is 18.7 Å². The average molecular weight is 275 g/mol. The molecule has 20 heavy (non-hydrogen) atoms. The third kappa shape index (κ3) is 4.23. The Morgan fingerprint density at radius 1 is 1.25 bits per heavy atom. The van der Waals surface area contributed by atoms with Crippen molar-refractivity contribution in [2.75, 3.05) is 11.1 Å². The molecule has 0 bridgehead atoms. The molecule has 1 amide bonds.